The lowest BCUT2D eigenvalue weighted by Crippen LogP contribution is -2.62. The highest BCUT2D eigenvalue weighted by molar-refractivity contribution is 7.85. The van der Waals surface area contributed by atoms with Gasteiger partial charge in [0.25, 0.3) is 0 Å². The molecule has 11 atom stereocenters. The quantitative estimate of drug-likeness (QED) is 0.380. The van der Waals surface area contributed by atoms with Crippen LogP contribution in [0.3, 0.4) is 0 Å². The average molecular weight is 515 g/mol. The van der Waals surface area contributed by atoms with Crippen LogP contribution in [-0.2, 0) is 14.9 Å². The van der Waals surface area contributed by atoms with Crippen LogP contribution in [0.4, 0.5) is 0 Å². The maximum atomic E-state index is 12.2. The summed E-state index contributed by atoms with van der Waals surface area (Å²) in [5, 5.41) is 35.7. The summed E-state index contributed by atoms with van der Waals surface area (Å²) in [6, 6.07) is 0. The number of aliphatic hydroxyl groups is 3. The van der Waals surface area contributed by atoms with Crippen molar-refractivity contribution in [3.8, 4) is 0 Å². The summed E-state index contributed by atoms with van der Waals surface area (Å²) in [7, 11) is -4.35. The van der Waals surface area contributed by atoms with Gasteiger partial charge in [0.2, 0.25) is 5.91 Å². The van der Waals surface area contributed by atoms with Gasteiger partial charge in [-0.3, -0.25) is 4.79 Å². The maximum Gasteiger partial charge on any atom is 0.220 e. The van der Waals surface area contributed by atoms with E-state index in [1.54, 1.807) is 0 Å². The van der Waals surface area contributed by atoms with Gasteiger partial charge in [-0.05, 0) is 97.7 Å². The van der Waals surface area contributed by atoms with Gasteiger partial charge in [-0.15, -0.1) is 0 Å². The highest BCUT2D eigenvalue weighted by Gasteiger charge is 2.65. The van der Waals surface area contributed by atoms with E-state index in [1.807, 2.05) is 0 Å². The van der Waals surface area contributed by atoms with Crippen LogP contribution in [0.5, 0.6) is 0 Å². The van der Waals surface area contributed by atoms with Gasteiger partial charge in [0, 0.05) is 13.0 Å². The van der Waals surface area contributed by atoms with E-state index in [0.717, 1.165) is 38.5 Å². The normalized spacial score (nSPS) is 46.3. The Morgan fingerprint density at radius 1 is 1.09 bits per heavy atom. The molecule has 35 heavy (non-hydrogen) atoms. The molecule has 4 aliphatic carbocycles. The van der Waals surface area contributed by atoms with Crippen molar-refractivity contribution in [1.29, 1.82) is 0 Å². The molecule has 0 bridgehead atoms. The van der Waals surface area contributed by atoms with E-state index < -0.39 is 28.1 Å². The molecule has 0 aromatic heterocycles. The number of aliphatic hydroxyl groups excluding tert-OH is 3. The van der Waals surface area contributed by atoms with Gasteiger partial charge in [-0.1, -0.05) is 20.8 Å². The van der Waals surface area contributed by atoms with Gasteiger partial charge in [0.1, 0.15) is 0 Å². The molecule has 0 heterocycles. The zero-order valence-electron chi connectivity index (χ0n) is 21.4. The molecule has 4 saturated carbocycles. The van der Waals surface area contributed by atoms with Gasteiger partial charge < -0.3 is 25.2 Å². The van der Waals surface area contributed by atoms with Crippen molar-refractivity contribution in [1.82, 2.24) is 5.32 Å². The molecule has 9 heteroatoms. The fourth-order valence-corrected chi connectivity index (χ4v) is 9.45. The van der Waals surface area contributed by atoms with Gasteiger partial charge in [0.15, 0.2) is 0 Å². The Kier molecular flexibility index (Phi) is 7.69. The van der Waals surface area contributed by atoms with Crippen LogP contribution in [0.25, 0.3) is 0 Å². The van der Waals surface area contributed by atoms with Crippen LogP contribution in [0.15, 0.2) is 0 Å². The zero-order valence-corrected chi connectivity index (χ0v) is 22.2. The Morgan fingerprint density at radius 3 is 2.49 bits per heavy atom. The lowest BCUT2D eigenvalue weighted by atomic mass is 9.43. The van der Waals surface area contributed by atoms with E-state index in [4.69, 9.17) is 0 Å². The molecule has 0 spiro atoms. The number of amides is 1. The molecule has 4 rings (SSSR count). The average Bonchev–Trinajstić information content (AvgIpc) is 3.12. The number of carbonyl (C=O) groups is 1. The first kappa shape index (κ1) is 27.3. The summed E-state index contributed by atoms with van der Waals surface area (Å²) >= 11 is 0. The highest BCUT2D eigenvalue weighted by Crippen LogP contribution is 2.68. The third-order valence-corrected chi connectivity index (χ3v) is 11.7. The first-order valence-corrected chi connectivity index (χ1v) is 15.1. The fraction of sp³-hybridized carbons (Fsp3) is 0.962. The van der Waals surface area contributed by atoms with Gasteiger partial charge in [-0.25, -0.2) is 8.42 Å². The predicted molar refractivity (Wildman–Crippen MR) is 130 cm³/mol. The molecule has 8 nitrogen and oxygen atoms in total. The van der Waals surface area contributed by atoms with Crippen molar-refractivity contribution in [2.45, 2.75) is 96.9 Å². The summed E-state index contributed by atoms with van der Waals surface area (Å²) in [5.74, 6) is 0.522. The van der Waals surface area contributed by atoms with Crippen molar-refractivity contribution >= 4 is 16.0 Å². The van der Waals surface area contributed by atoms with Crippen LogP contribution < -0.4 is 5.32 Å². The smallest absolute Gasteiger partial charge is 0.220 e. The van der Waals surface area contributed by atoms with Crippen LogP contribution >= 0.6 is 0 Å². The monoisotopic (exact) mass is 514 g/mol. The minimum atomic E-state index is -4.35. The van der Waals surface area contributed by atoms with E-state index in [2.05, 4.69) is 26.1 Å². The molecular formula is C26H44NO7S-. The number of nitrogens with one attached hydrogen (secondary N) is 1. The van der Waals surface area contributed by atoms with E-state index in [0.29, 0.717) is 18.8 Å². The Balaban J connectivity index is 1.43. The van der Waals surface area contributed by atoms with Gasteiger partial charge in [0.05, 0.1) is 34.2 Å². The first-order chi connectivity index (χ1) is 16.3. The second kappa shape index (κ2) is 9.86. The molecule has 4 fully saturated rings. The SMILES string of the molecule is C[C@H](CCC(=O)NCCS(=O)(=O)[O-])C1CCC2C3C(C[C@H](O)[C@@]21C)[C@@]1(C)CC[C@@H](O)CC1C[C@H]3O. The van der Waals surface area contributed by atoms with Crippen LogP contribution in [0.2, 0.25) is 0 Å². The van der Waals surface area contributed by atoms with Crippen molar-refractivity contribution in [2.75, 3.05) is 12.3 Å². The second-order valence-electron chi connectivity index (χ2n) is 12.7. The van der Waals surface area contributed by atoms with E-state index in [1.165, 1.54) is 0 Å². The first-order valence-electron chi connectivity index (χ1n) is 13.5. The minimum Gasteiger partial charge on any atom is -0.748 e. The molecule has 202 valence electrons. The van der Waals surface area contributed by atoms with E-state index >= 15 is 0 Å². The fourth-order valence-electron chi connectivity index (χ4n) is 9.10. The molecule has 4 aliphatic rings. The zero-order chi connectivity index (χ0) is 25.8. The number of carbonyl (C=O) groups excluding carboxylic acids is 1. The van der Waals surface area contributed by atoms with Crippen LogP contribution in [-0.4, -0.2) is 64.8 Å². The van der Waals surface area contributed by atoms with E-state index in [9.17, 15) is 33.1 Å². The molecule has 0 radical (unpaired) electrons. The Labute approximate surface area is 210 Å². The number of hydrogen-bond donors (Lipinski definition) is 4. The molecule has 0 aromatic carbocycles. The Hall–Kier alpha value is -0.740. The number of fused-ring (bicyclic) bond motifs is 5. The third kappa shape index (κ3) is 5.05. The van der Waals surface area contributed by atoms with Crippen LogP contribution in [0, 0.1) is 46.3 Å². The molecule has 4 N–H and O–H groups in total. The van der Waals surface area contributed by atoms with Gasteiger partial charge >= 0.3 is 0 Å². The van der Waals surface area contributed by atoms with Crippen molar-refractivity contribution in [2.24, 2.45) is 46.3 Å². The number of hydrogen-bond acceptors (Lipinski definition) is 7. The van der Waals surface area contributed by atoms with Gasteiger partial charge in [-0.2, -0.15) is 0 Å². The highest BCUT2D eigenvalue weighted by atomic mass is 32.2. The molecule has 1 amide bonds. The lowest BCUT2D eigenvalue weighted by Gasteiger charge is -2.63. The summed E-state index contributed by atoms with van der Waals surface area (Å²) < 4.78 is 32.2. The molecule has 0 aliphatic heterocycles. The minimum absolute atomic E-state index is 0.0464. The molecule has 5 unspecified atom stereocenters. The van der Waals surface area contributed by atoms with Crippen LogP contribution in [0.1, 0.15) is 78.6 Å². The van der Waals surface area contributed by atoms with Crippen molar-refractivity contribution in [3.05, 3.63) is 0 Å². The summed E-state index contributed by atoms with van der Waals surface area (Å²) in [4.78, 5) is 12.2. The predicted octanol–water partition coefficient (Wildman–Crippen LogP) is 2.03. The van der Waals surface area contributed by atoms with E-state index in [-0.39, 0.29) is 65.4 Å². The van der Waals surface area contributed by atoms with Crippen molar-refractivity contribution in [3.63, 3.8) is 0 Å². The largest absolute Gasteiger partial charge is 0.748 e. The Morgan fingerprint density at radius 2 is 1.80 bits per heavy atom. The third-order valence-electron chi connectivity index (χ3n) is 11.0. The molecule has 0 saturated heterocycles. The summed E-state index contributed by atoms with van der Waals surface area (Å²) in [6.45, 7) is 6.48. The molecular weight excluding hydrogens is 470 g/mol. The topological polar surface area (TPSA) is 147 Å². The molecule has 0 aromatic rings. The lowest BCUT2D eigenvalue weighted by molar-refractivity contribution is -0.207. The number of rotatable bonds is 7. The second-order valence-corrected chi connectivity index (χ2v) is 14.2. The summed E-state index contributed by atoms with van der Waals surface area (Å²) in [5.41, 5.74) is -0.267. The maximum absolute atomic E-state index is 12.2. The van der Waals surface area contributed by atoms with Crippen molar-refractivity contribution < 1.29 is 33.1 Å². The Bertz CT molecular complexity index is 896. The summed E-state index contributed by atoms with van der Waals surface area (Å²) in [6.07, 6.45) is 5.58. The standard InChI is InChI=1S/C26H45NO7S/c1-15(4-7-23(31)27-10-11-35(32,33)34)18-5-6-19-24-20(14-22(30)26(18,19)3)25(2)9-8-17(28)12-16(25)13-21(24)29/h15-22,24,28-30H,4-14H2,1-3H3,(H,27,31)(H,32,33,34)/p-1/t15-,16?,17-,18?,19?,20?,21-,22+,24?,25+,26-/m1/s1.